The maximum Gasteiger partial charge on any atom is 0.238 e. The number of hydrogen-bond acceptors (Lipinski definition) is 7. The fourth-order valence-electron chi connectivity index (χ4n) is 5.07. The number of nitrogens with two attached hydrogens (primary N) is 2. The summed E-state index contributed by atoms with van der Waals surface area (Å²) in [4.78, 5) is 32.7. The van der Waals surface area contributed by atoms with E-state index in [1.165, 1.54) is 0 Å². The van der Waals surface area contributed by atoms with Gasteiger partial charge in [-0.2, -0.15) is 0 Å². The topological polar surface area (TPSA) is 161 Å². The van der Waals surface area contributed by atoms with E-state index >= 15 is 0 Å². The molecule has 1 aromatic carbocycles. The molecule has 0 aliphatic carbocycles. The molecule has 1 fully saturated rings. The number of nitrogens with one attached hydrogen (secondary N) is 2. The Morgan fingerprint density at radius 1 is 1.22 bits per heavy atom. The predicted molar refractivity (Wildman–Crippen MR) is 139 cm³/mol. The van der Waals surface area contributed by atoms with Gasteiger partial charge in [-0.1, -0.05) is 43.3 Å². The lowest BCUT2D eigenvalue weighted by molar-refractivity contribution is -0.146. The first kappa shape index (κ1) is 27.6. The summed E-state index contributed by atoms with van der Waals surface area (Å²) in [6, 6.07) is 13.3. The molecule has 36 heavy (non-hydrogen) atoms. The van der Waals surface area contributed by atoms with E-state index in [2.05, 4.69) is 15.0 Å². The number of piperidine rings is 1. The van der Waals surface area contributed by atoms with Crippen LogP contribution in [0.2, 0.25) is 0 Å². The van der Waals surface area contributed by atoms with Gasteiger partial charge in [0, 0.05) is 25.3 Å². The van der Waals surface area contributed by atoms with Crippen LogP contribution in [0.3, 0.4) is 0 Å². The summed E-state index contributed by atoms with van der Waals surface area (Å²) in [6.07, 6.45) is 2.19. The van der Waals surface area contributed by atoms with E-state index in [9.17, 15) is 18.0 Å². The van der Waals surface area contributed by atoms with E-state index in [0.29, 0.717) is 24.5 Å². The highest BCUT2D eigenvalue weighted by atomic mass is 32.2. The molecule has 1 aliphatic heterocycles. The van der Waals surface area contributed by atoms with Gasteiger partial charge in [0.05, 0.1) is 12.2 Å². The molecule has 1 aliphatic rings. The minimum absolute atomic E-state index is 0.0246. The molecule has 3 atom stereocenters. The van der Waals surface area contributed by atoms with Gasteiger partial charge < -0.3 is 16.8 Å². The minimum atomic E-state index is -3.41. The number of sulfonamides is 1. The Morgan fingerprint density at radius 3 is 2.53 bits per heavy atom. The molecular weight excluding hydrogens is 480 g/mol. The van der Waals surface area contributed by atoms with Crippen molar-refractivity contribution in [2.24, 2.45) is 11.7 Å². The summed E-state index contributed by atoms with van der Waals surface area (Å²) in [6.45, 7) is 4.60. The van der Waals surface area contributed by atoms with E-state index in [1.807, 2.05) is 48.2 Å². The minimum Gasteiger partial charge on any atom is -0.384 e. The number of hydrogen-bond donors (Lipinski definition) is 4. The Labute approximate surface area is 212 Å². The van der Waals surface area contributed by atoms with Crippen molar-refractivity contribution in [3.8, 4) is 0 Å². The predicted octanol–water partition coefficient (Wildman–Crippen LogP) is 0.877. The Bertz CT molecular complexity index is 1190. The van der Waals surface area contributed by atoms with Gasteiger partial charge in [-0.3, -0.25) is 14.5 Å². The van der Waals surface area contributed by atoms with Crippen molar-refractivity contribution in [1.82, 2.24) is 19.9 Å². The van der Waals surface area contributed by atoms with Crippen LogP contribution in [-0.4, -0.2) is 61.5 Å². The lowest BCUT2D eigenvalue weighted by atomic mass is 9.70. The molecular formula is C25H36N6O4S. The SMILES string of the molecule is Cc1nc(N)ccc1CNC(=O)[C@@H](C)C1(C(N)=O)CC(c2ccccc2)CCN1CCNS(C)(=O)=O. The van der Waals surface area contributed by atoms with Gasteiger partial charge in [0.25, 0.3) is 0 Å². The smallest absolute Gasteiger partial charge is 0.238 e. The highest BCUT2D eigenvalue weighted by Crippen LogP contribution is 2.42. The number of nitrogen functional groups attached to an aromatic ring is 1. The number of nitrogens with zero attached hydrogens (tertiary/aromatic N) is 2. The number of pyridine rings is 1. The second-order valence-electron chi connectivity index (χ2n) is 9.46. The van der Waals surface area contributed by atoms with Gasteiger partial charge in [-0.05, 0) is 49.4 Å². The van der Waals surface area contributed by atoms with Crippen LogP contribution in [0.5, 0.6) is 0 Å². The molecule has 0 radical (unpaired) electrons. The van der Waals surface area contributed by atoms with Crippen LogP contribution in [0.4, 0.5) is 5.82 Å². The Balaban J connectivity index is 1.88. The van der Waals surface area contributed by atoms with Crippen LogP contribution in [0, 0.1) is 12.8 Å². The van der Waals surface area contributed by atoms with Gasteiger partial charge in [0.15, 0.2) is 0 Å². The molecule has 6 N–H and O–H groups in total. The zero-order valence-corrected chi connectivity index (χ0v) is 21.8. The molecule has 1 aromatic heterocycles. The van der Waals surface area contributed by atoms with E-state index < -0.39 is 27.4 Å². The van der Waals surface area contributed by atoms with E-state index in [-0.39, 0.29) is 31.5 Å². The fourth-order valence-corrected chi connectivity index (χ4v) is 5.54. The normalized spacial score (nSPS) is 21.6. The second-order valence-corrected chi connectivity index (χ2v) is 11.3. The second kappa shape index (κ2) is 11.4. The summed E-state index contributed by atoms with van der Waals surface area (Å²) in [5.74, 6) is -1.29. The number of primary amides is 1. The van der Waals surface area contributed by atoms with Crippen molar-refractivity contribution in [2.75, 3.05) is 31.6 Å². The number of benzene rings is 1. The van der Waals surface area contributed by atoms with Crippen molar-refractivity contribution in [2.45, 2.75) is 44.7 Å². The molecule has 2 amide bonds. The lowest BCUT2D eigenvalue weighted by Crippen LogP contribution is -2.67. The number of likely N-dealkylation sites (tertiary alicyclic amines) is 1. The molecule has 3 rings (SSSR count). The van der Waals surface area contributed by atoms with Crippen LogP contribution < -0.4 is 21.5 Å². The van der Waals surface area contributed by atoms with Crippen molar-refractivity contribution in [1.29, 1.82) is 0 Å². The number of carbonyl (C=O) groups is 2. The highest BCUT2D eigenvalue weighted by Gasteiger charge is 2.53. The average Bonchev–Trinajstić information content (AvgIpc) is 2.82. The average molecular weight is 517 g/mol. The van der Waals surface area contributed by atoms with E-state index in [1.54, 1.807) is 13.0 Å². The Morgan fingerprint density at radius 2 is 1.92 bits per heavy atom. The summed E-state index contributed by atoms with van der Waals surface area (Å²) < 4.78 is 25.7. The molecule has 11 heteroatoms. The fraction of sp³-hybridized carbons (Fsp3) is 0.480. The van der Waals surface area contributed by atoms with Gasteiger partial charge in [-0.15, -0.1) is 0 Å². The monoisotopic (exact) mass is 516 g/mol. The molecule has 0 saturated carbocycles. The zero-order chi connectivity index (χ0) is 26.5. The Kier molecular flexibility index (Phi) is 8.70. The summed E-state index contributed by atoms with van der Waals surface area (Å²) in [5.41, 5.74) is 13.1. The van der Waals surface area contributed by atoms with Crippen LogP contribution in [0.25, 0.3) is 0 Å². The van der Waals surface area contributed by atoms with Crippen molar-refractivity contribution < 1.29 is 18.0 Å². The molecule has 0 spiro atoms. The highest BCUT2D eigenvalue weighted by molar-refractivity contribution is 7.88. The van der Waals surface area contributed by atoms with Crippen LogP contribution >= 0.6 is 0 Å². The first-order valence-corrected chi connectivity index (χ1v) is 13.9. The molecule has 196 valence electrons. The van der Waals surface area contributed by atoms with Crippen molar-refractivity contribution >= 4 is 27.7 Å². The van der Waals surface area contributed by atoms with Gasteiger partial charge in [0.1, 0.15) is 11.4 Å². The molecule has 2 heterocycles. The van der Waals surface area contributed by atoms with Crippen LogP contribution in [0.15, 0.2) is 42.5 Å². The molecule has 10 nitrogen and oxygen atoms in total. The van der Waals surface area contributed by atoms with Gasteiger partial charge >= 0.3 is 0 Å². The molecule has 2 aromatic rings. The first-order chi connectivity index (χ1) is 16.9. The standard InChI is InChI=1S/C25H36N6O4S/c1-17(23(32)28-16-21-9-10-22(26)30-18(21)2)25(24(27)33)15-20(19-7-5-4-6-8-19)11-13-31(25)14-12-29-36(3,34)35/h4-10,17,20,29H,11-16H2,1-3H3,(H2,26,30)(H2,27,33)(H,28,32)/t17-,20?,25?/m1/s1. The number of aryl methyl sites for hydroxylation is 1. The van der Waals surface area contributed by atoms with E-state index in [0.717, 1.165) is 23.8 Å². The van der Waals surface area contributed by atoms with Gasteiger partial charge in [0.2, 0.25) is 21.8 Å². The van der Waals surface area contributed by atoms with Gasteiger partial charge in [-0.25, -0.2) is 18.1 Å². The van der Waals surface area contributed by atoms with Crippen molar-refractivity contribution in [3.05, 3.63) is 59.3 Å². The third-order valence-electron chi connectivity index (χ3n) is 7.09. The maximum absolute atomic E-state index is 13.4. The number of aromatic nitrogens is 1. The number of amides is 2. The third kappa shape index (κ3) is 6.40. The quantitative estimate of drug-likeness (QED) is 0.364. The number of carbonyl (C=O) groups excluding carboxylic acids is 2. The Hall–Kier alpha value is -3.02. The third-order valence-corrected chi connectivity index (χ3v) is 7.82. The summed E-state index contributed by atoms with van der Waals surface area (Å²) in [5, 5.41) is 2.93. The largest absolute Gasteiger partial charge is 0.384 e. The molecule has 0 bridgehead atoms. The lowest BCUT2D eigenvalue weighted by Gasteiger charge is -2.50. The zero-order valence-electron chi connectivity index (χ0n) is 21.0. The van der Waals surface area contributed by atoms with Crippen LogP contribution in [-0.2, 0) is 26.2 Å². The number of rotatable bonds is 10. The summed E-state index contributed by atoms with van der Waals surface area (Å²) in [7, 11) is -3.41. The molecule has 2 unspecified atom stereocenters. The van der Waals surface area contributed by atoms with Crippen molar-refractivity contribution in [3.63, 3.8) is 0 Å². The maximum atomic E-state index is 13.4. The molecule has 1 saturated heterocycles. The first-order valence-electron chi connectivity index (χ1n) is 12.0. The van der Waals surface area contributed by atoms with E-state index in [4.69, 9.17) is 11.5 Å². The summed E-state index contributed by atoms with van der Waals surface area (Å²) >= 11 is 0. The number of anilines is 1. The van der Waals surface area contributed by atoms with Crippen LogP contribution in [0.1, 0.15) is 42.5 Å².